The molecule has 0 amide bonds. The Morgan fingerprint density at radius 1 is 0.938 bits per heavy atom. The van der Waals surface area contributed by atoms with Gasteiger partial charge in [-0.05, 0) is 17.7 Å². The summed E-state index contributed by atoms with van der Waals surface area (Å²) in [5, 5.41) is 9.83. The molecule has 1 atom stereocenters. The van der Waals surface area contributed by atoms with Crippen LogP contribution >= 0.6 is 0 Å². The molecule has 0 spiro atoms. The van der Waals surface area contributed by atoms with Gasteiger partial charge in [-0.2, -0.15) is 0 Å². The Morgan fingerprint density at radius 3 is 2.06 bits per heavy atom. The van der Waals surface area contributed by atoms with E-state index in [9.17, 15) is 13.9 Å². The lowest BCUT2D eigenvalue weighted by Crippen LogP contribution is -2.02. The number of rotatable bonds is 2. The molecule has 0 radical (unpaired) electrons. The van der Waals surface area contributed by atoms with E-state index < -0.39 is 17.7 Å². The Kier molecular flexibility index (Phi) is 2.87. The van der Waals surface area contributed by atoms with Crippen molar-refractivity contribution in [2.45, 2.75) is 6.10 Å². The van der Waals surface area contributed by atoms with E-state index in [0.29, 0.717) is 5.56 Å². The van der Waals surface area contributed by atoms with Crippen LogP contribution in [0.15, 0.2) is 36.9 Å². The number of hydrogen-bond acceptors (Lipinski definition) is 3. The molecule has 16 heavy (non-hydrogen) atoms. The summed E-state index contributed by atoms with van der Waals surface area (Å²) in [4.78, 5) is 7.44. The standard InChI is InChI=1S/C11H8F2N2O/c12-9-1-7(2-10(13)3-9)11(16)8-4-14-6-15-5-8/h1-6,11,16H. The summed E-state index contributed by atoms with van der Waals surface area (Å²) in [6, 6.07) is 2.89. The minimum absolute atomic E-state index is 0.132. The average Bonchev–Trinajstić information content (AvgIpc) is 2.28. The summed E-state index contributed by atoms with van der Waals surface area (Å²) in [5.41, 5.74) is 0.514. The van der Waals surface area contributed by atoms with Crippen molar-refractivity contribution < 1.29 is 13.9 Å². The predicted molar refractivity (Wildman–Crippen MR) is 52.5 cm³/mol. The Hall–Kier alpha value is -1.88. The molecule has 1 heterocycles. The van der Waals surface area contributed by atoms with Crippen molar-refractivity contribution in [3.05, 3.63) is 59.7 Å². The number of nitrogens with zero attached hydrogens (tertiary/aromatic N) is 2. The van der Waals surface area contributed by atoms with Crippen LogP contribution in [0.3, 0.4) is 0 Å². The zero-order chi connectivity index (χ0) is 11.5. The number of aliphatic hydroxyl groups is 1. The average molecular weight is 222 g/mol. The Morgan fingerprint density at radius 2 is 1.50 bits per heavy atom. The van der Waals surface area contributed by atoms with Crippen LogP contribution in [0.5, 0.6) is 0 Å². The summed E-state index contributed by atoms with van der Waals surface area (Å²) in [6.45, 7) is 0. The maximum absolute atomic E-state index is 12.9. The van der Waals surface area contributed by atoms with Gasteiger partial charge >= 0.3 is 0 Å². The zero-order valence-corrected chi connectivity index (χ0v) is 8.14. The molecule has 1 unspecified atom stereocenters. The van der Waals surface area contributed by atoms with E-state index in [2.05, 4.69) is 9.97 Å². The van der Waals surface area contributed by atoms with E-state index >= 15 is 0 Å². The van der Waals surface area contributed by atoms with Crippen molar-refractivity contribution >= 4 is 0 Å². The van der Waals surface area contributed by atoms with Gasteiger partial charge in [-0.25, -0.2) is 18.7 Å². The summed E-state index contributed by atoms with van der Waals surface area (Å²) < 4.78 is 25.8. The number of aliphatic hydroxyl groups excluding tert-OH is 1. The van der Waals surface area contributed by atoms with Crippen LogP contribution in [0, 0.1) is 11.6 Å². The molecule has 1 aromatic carbocycles. The molecule has 2 aromatic rings. The molecular weight excluding hydrogens is 214 g/mol. The molecule has 0 aliphatic carbocycles. The molecule has 2 rings (SSSR count). The highest BCUT2D eigenvalue weighted by atomic mass is 19.1. The summed E-state index contributed by atoms with van der Waals surface area (Å²) in [5.74, 6) is -1.46. The van der Waals surface area contributed by atoms with Gasteiger partial charge in [0.15, 0.2) is 0 Å². The molecule has 1 aromatic heterocycles. The van der Waals surface area contributed by atoms with Gasteiger partial charge in [-0.15, -0.1) is 0 Å². The summed E-state index contributed by atoms with van der Waals surface area (Å²) >= 11 is 0. The van der Waals surface area contributed by atoms with Crippen LogP contribution in [0.2, 0.25) is 0 Å². The van der Waals surface area contributed by atoms with E-state index in [1.165, 1.54) is 18.7 Å². The lowest BCUT2D eigenvalue weighted by atomic mass is 10.0. The van der Waals surface area contributed by atoms with Crippen molar-refractivity contribution in [3.63, 3.8) is 0 Å². The molecule has 1 N–H and O–H groups in total. The van der Waals surface area contributed by atoms with E-state index in [-0.39, 0.29) is 5.56 Å². The molecular formula is C11H8F2N2O. The fourth-order valence-corrected chi connectivity index (χ4v) is 1.38. The van der Waals surface area contributed by atoms with Crippen LogP contribution in [0.4, 0.5) is 8.78 Å². The van der Waals surface area contributed by atoms with Crippen molar-refractivity contribution in [2.75, 3.05) is 0 Å². The van der Waals surface area contributed by atoms with Crippen LogP contribution < -0.4 is 0 Å². The van der Waals surface area contributed by atoms with Crippen LogP contribution in [0.25, 0.3) is 0 Å². The van der Waals surface area contributed by atoms with Crippen molar-refractivity contribution in [3.8, 4) is 0 Å². The molecule has 0 aliphatic heterocycles. The lowest BCUT2D eigenvalue weighted by Gasteiger charge is -2.10. The molecule has 0 fully saturated rings. The Bertz CT molecular complexity index is 470. The Labute approximate surface area is 90.4 Å². The molecule has 0 bridgehead atoms. The molecule has 5 heteroatoms. The van der Waals surface area contributed by atoms with Crippen LogP contribution in [0.1, 0.15) is 17.2 Å². The number of hydrogen-bond donors (Lipinski definition) is 1. The largest absolute Gasteiger partial charge is 0.384 e. The predicted octanol–water partition coefficient (Wildman–Crippen LogP) is 1.84. The SMILES string of the molecule is OC(c1cncnc1)c1cc(F)cc(F)c1. The summed E-state index contributed by atoms with van der Waals surface area (Å²) in [7, 11) is 0. The first-order valence-corrected chi connectivity index (χ1v) is 4.56. The first-order valence-electron chi connectivity index (χ1n) is 4.56. The lowest BCUT2D eigenvalue weighted by molar-refractivity contribution is 0.218. The van der Waals surface area contributed by atoms with Gasteiger partial charge in [0.25, 0.3) is 0 Å². The molecule has 0 aliphatic rings. The third-order valence-corrected chi connectivity index (χ3v) is 2.10. The maximum Gasteiger partial charge on any atom is 0.126 e. The first-order chi connectivity index (χ1) is 7.66. The van der Waals surface area contributed by atoms with Gasteiger partial charge < -0.3 is 5.11 Å². The number of halogens is 2. The Balaban J connectivity index is 2.37. The van der Waals surface area contributed by atoms with E-state index in [1.807, 2.05) is 0 Å². The van der Waals surface area contributed by atoms with E-state index in [0.717, 1.165) is 18.2 Å². The third kappa shape index (κ3) is 2.20. The summed E-state index contributed by atoms with van der Waals surface area (Å²) in [6.07, 6.45) is 2.95. The fourth-order valence-electron chi connectivity index (χ4n) is 1.38. The van der Waals surface area contributed by atoms with Crippen LogP contribution in [-0.4, -0.2) is 15.1 Å². The zero-order valence-electron chi connectivity index (χ0n) is 8.14. The van der Waals surface area contributed by atoms with E-state index in [1.54, 1.807) is 0 Å². The second-order valence-electron chi connectivity index (χ2n) is 3.28. The molecule has 82 valence electrons. The first kappa shape index (κ1) is 10.6. The van der Waals surface area contributed by atoms with Crippen molar-refractivity contribution in [1.82, 2.24) is 9.97 Å². The molecule has 3 nitrogen and oxygen atoms in total. The van der Waals surface area contributed by atoms with Crippen molar-refractivity contribution in [1.29, 1.82) is 0 Å². The van der Waals surface area contributed by atoms with E-state index in [4.69, 9.17) is 0 Å². The number of aromatic nitrogens is 2. The van der Waals surface area contributed by atoms with Crippen LogP contribution in [-0.2, 0) is 0 Å². The maximum atomic E-state index is 12.9. The van der Waals surface area contributed by atoms with Gasteiger partial charge in [0, 0.05) is 24.0 Å². The quantitative estimate of drug-likeness (QED) is 0.843. The molecule has 0 saturated heterocycles. The van der Waals surface area contributed by atoms with Gasteiger partial charge in [-0.3, -0.25) is 0 Å². The highest BCUT2D eigenvalue weighted by Gasteiger charge is 2.13. The normalized spacial score (nSPS) is 12.4. The smallest absolute Gasteiger partial charge is 0.126 e. The van der Waals surface area contributed by atoms with Gasteiger partial charge in [-0.1, -0.05) is 0 Å². The topological polar surface area (TPSA) is 46.0 Å². The fraction of sp³-hybridized carbons (Fsp3) is 0.0909. The van der Waals surface area contributed by atoms with Gasteiger partial charge in [0.2, 0.25) is 0 Å². The molecule has 0 saturated carbocycles. The minimum Gasteiger partial charge on any atom is -0.384 e. The second kappa shape index (κ2) is 4.32. The van der Waals surface area contributed by atoms with Crippen molar-refractivity contribution in [2.24, 2.45) is 0 Å². The highest BCUT2D eigenvalue weighted by molar-refractivity contribution is 5.27. The second-order valence-corrected chi connectivity index (χ2v) is 3.28. The number of benzene rings is 1. The highest BCUT2D eigenvalue weighted by Crippen LogP contribution is 2.22. The third-order valence-electron chi connectivity index (χ3n) is 2.10. The monoisotopic (exact) mass is 222 g/mol. The van der Waals surface area contributed by atoms with Gasteiger partial charge in [0.1, 0.15) is 24.1 Å². The van der Waals surface area contributed by atoms with Gasteiger partial charge in [0.05, 0.1) is 0 Å². The minimum atomic E-state index is -1.13.